The lowest BCUT2D eigenvalue weighted by Crippen LogP contribution is -1.99. The van der Waals surface area contributed by atoms with Crippen molar-refractivity contribution in [3.05, 3.63) is 30.3 Å². The molecule has 2 heterocycles. The zero-order valence-corrected chi connectivity index (χ0v) is 8.97. The number of hydrogen-bond donors (Lipinski definition) is 1. The van der Waals surface area contributed by atoms with E-state index in [2.05, 4.69) is 15.1 Å². The van der Waals surface area contributed by atoms with E-state index in [0.29, 0.717) is 18.3 Å². The second-order valence-corrected chi connectivity index (χ2v) is 3.47. The highest BCUT2D eigenvalue weighted by Crippen LogP contribution is 2.12. The Morgan fingerprint density at radius 3 is 2.94 bits per heavy atom. The summed E-state index contributed by atoms with van der Waals surface area (Å²) >= 11 is 0. The molecule has 0 aliphatic heterocycles. The first-order valence-corrected chi connectivity index (χ1v) is 5.34. The molecule has 2 aromatic heterocycles. The summed E-state index contributed by atoms with van der Waals surface area (Å²) in [6.45, 7) is 0.696. The van der Waals surface area contributed by atoms with Crippen LogP contribution in [0.2, 0.25) is 0 Å². The molecule has 0 saturated heterocycles. The number of pyridine rings is 1. The Bertz CT molecular complexity index is 427. The van der Waals surface area contributed by atoms with Crippen LogP contribution in [0.5, 0.6) is 0 Å². The molecule has 2 N–H and O–H groups in total. The topological polar surface area (TPSA) is 77.8 Å². The molecule has 5 nitrogen and oxygen atoms in total. The lowest BCUT2D eigenvalue weighted by molar-refractivity contribution is 0.375. The van der Waals surface area contributed by atoms with E-state index in [1.807, 2.05) is 18.2 Å². The molecule has 0 aliphatic carbocycles. The van der Waals surface area contributed by atoms with Gasteiger partial charge in [-0.25, -0.2) is 0 Å². The Hall–Kier alpha value is -1.75. The normalized spacial score (nSPS) is 10.6. The van der Waals surface area contributed by atoms with Crippen LogP contribution in [0.25, 0.3) is 11.5 Å². The zero-order chi connectivity index (χ0) is 11.2. The van der Waals surface area contributed by atoms with Gasteiger partial charge in [0.05, 0.1) is 0 Å². The number of nitrogens with zero attached hydrogens (tertiary/aromatic N) is 3. The van der Waals surface area contributed by atoms with Crippen LogP contribution in [-0.4, -0.2) is 21.7 Å². The number of nitrogens with two attached hydrogens (primary N) is 1. The minimum Gasteiger partial charge on any atom is -0.339 e. The summed E-state index contributed by atoms with van der Waals surface area (Å²) < 4.78 is 5.12. The van der Waals surface area contributed by atoms with Gasteiger partial charge in [0.1, 0.15) is 5.69 Å². The van der Waals surface area contributed by atoms with Gasteiger partial charge in [-0.2, -0.15) is 4.98 Å². The molecular formula is C11H14N4O. The molecule has 0 bridgehead atoms. The Kier molecular flexibility index (Phi) is 3.61. The van der Waals surface area contributed by atoms with Crippen LogP contribution in [0, 0.1) is 0 Å². The molecule has 0 unspecified atom stereocenters. The summed E-state index contributed by atoms with van der Waals surface area (Å²) in [6.07, 6.45) is 4.43. The van der Waals surface area contributed by atoms with Crippen LogP contribution in [0.1, 0.15) is 18.7 Å². The van der Waals surface area contributed by atoms with E-state index in [1.165, 1.54) is 0 Å². The smallest absolute Gasteiger partial charge is 0.227 e. The van der Waals surface area contributed by atoms with Gasteiger partial charge in [0.2, 0.25) is 11.7 Å². The van der Waals surface area contributed by atoms with Crippen molar-refractivity contribution in [3.8, 4) is 11.5 Å². The molecule has 5 heteroatoms. The molecule has 0 saturated carbocycles. The monoisotopic (exact) mass is 218 g/mol. The molecule has 16 heavy (non-hydrogen) atoms. The van der Waals surface area contributed by atoms with E-state index in [-0.39, 0.29) is 0 Å². The lowest BCUT2D eigenvalue weighted by atomic mass is 10.2. The minimum atomic E-state index is 0.545. The fourth-order valence-electron chi connectivity index (χ4n) is 1.38. The first-order chi connectivity index (χ1) is 7.90. The van der Waals surface area contributed by atoms with E-state index in [4.69, 9.17) is 10.3 Å². The lowest BCUT2D eigenvalue weighted by Gasteiger charge is -1.92. The van der Waals surface area contributed by atoms with Gasteiger partial charge in [-0.3, -0.25) is 4.98 Å². The Morgan fingerprint density at radius 2 is 2.19 bits per heavy atom. The summed E-state index contributed by atoms with van der Waals surface area (Å²) in [7, 11) is 0. The standard InChI is InChI=1S/C11H14N4O/c12-7-3-1-6-10-14-11(15-16-10)9-5-2-4-8-13-9/h2,4-5,8H,1,3,6-7,12H2. The van der Waals surface area contributed by atoms with Gasteiger partial charge >= 0.3 is 0 Å². The van der Waals surface area contributed by atoms with Crippen molar-refractivity contribution >= 4 is 0 Å². The van der Waals surface area contributed by atoms with Crippen LogP contribution < -0.4 is 5.73 Å². The van der Waals surface area contributed by atoms with E-state index < -0.39 is 0 Å². The zero-order valence-electron chi connectivity index (χ0n) is 8.97. The number of aryl methyl sites for hydroxylation is 1. The highest BCUT2D eigenvalue weighted by atomic mass is 16.5. The van der Waals surface area contributed by atoms with Gasteiger partial charge in [0.15, 0.2) is 0 Å². The minimum absolute atomic E-state index is 0.545. The predicted molar refractivity (Wildman–Crippen MR) is 59.5 cm³/mol. The van der Waals surface area contributed by atoms with Crippen molar-refractivity contribution < 1.29 is 4.52 Å². The van der Waals surface area contributed by atoms with Crippen molar-refractivity contribution in [2.24, 2.45) is 5.73 Å². The van der Waals surface area contributed by atoms with E-state index in [9.17, 15) is 0 Å². The molecule has 0 aromatic carbocycles. The third kappa shape index (κ3) is 2.64. The molecule has 2 rings (SSSR count). The largest absolute Gasteiger partial charge is 0.339 e. The molecule has 0 fully saturated rings. The first kappa shape index (κ1) is 10.8. The predicted octanol–water partition coefficient (Wildman–Crippen LogP) is 1.41. The van der Waals surface area contributed by atoms with Crippen molar-refractivity contribution in [2.75, 3.05) is 6.54 Å². The first-order valence-electron chi connectivity index (χ1n) is 5.34. The summed E-state index contributed by atoms with van der Waals surface area (Å²) in [4.78, 5) is 8.42. The summed E-state index contributed by atoms with van der Waals surface area (Å²) in [6, 6.07) is 5.60. The molecule has 84 valence electrons. The van der Waals surface area contributed by atoms with E-state index in [0.717, 1.165) is 25.0 Å². The van der Waals surface area contributed by atoms with Gasteiger partial charge in [-0.05, 0) is 31.5 Å². The molecule has 2 aromatic rings. The van der Waals surface area contributed by atoms with Crippen molar-refractivity contribution in [2.45, 2.75) is 19.3 Å². The number of unbranched alkanes of at least 4 members (excludes halogenated alkanes) is 1. The SMILES string of the molecule is NCCCCc1nc(-c2ccccn2)no1. The molecule has 0 amide bonds. The maximum Gasteiger partial charge on any atom is 0.227 e. The van der Waals surface area contributed by atoms with E-state index >= 15 is 0 Å². The van der Waals surface area contributed by atoms with Crippen LogP contribution in [0.3, 0.4) is 0 Å². The van der Waals surface area contributed by atoms with Crippen LogP contribution >= 0.6 is 0 Å². The molecule has 0 atom stereocenters. The van der Waals surface area contributed by atoms with Gasteiger partial charge < -0.3 is 10.3 Å². The number of rotatable bonds is 5. The second kappa shape index (κ2) is 5.37. The maximum absolute atomic E-state index is 5.41. The van der Waals surface area contributed by atoms with Gasteiger partial charge in [-0.1, -0.05) is 11.2 Å². The molecule has 0 radical (unpaired) electrons. The van der Waals surface area contributed by atoms with Gasteiger partial charge in [-0.15, -0.1) is 0 Å². The fraction of sp³-hybridized carbons (Fsp3) is 0.364. The average Bonchev–Trinajstić information content (AvgIpc) is 2.79. The third-order valence-electron chi connectivity index (χ3n) is 2.21. The second-order valence-electron chi connectivity index (χ2n) is 3.47. The van der Waals surface area contributed by atoms with Crippen LogP contribution in [0.4, 0.5) is 0 Å². The maximum atomic E-state index is 5.41. The van der Waals surface area contributed by atoms with E-state index in [1.54, 1.807) is 6.20 Å². The average molecular weight is 218 g/mol. The molecule has 0 spiro atoms. The number of aromatic nitrogens is 3. The van der Waals surface area contributed by atoms with Crippen molar-refractivity contribution in [3.63, 3.8) is 0 Å². The summed E-state index contributed by atoms with van der Waals surface area (Å²) in [5.41, 5.74) is 6.14. The van der Waals surface area contributed by atoms with Crippen LogP contribution in [-0.2, 0) is 6.42 Å². The quantitative estimate of drug-likeness (QED) is 0.768. The highest BCUT2D eigenvalue weighted by Gasteiger charge is 2.08. The molecular weight excluding hydrogens is 204 g/mol. The van der Waals surface area contributed by atoms with Crippen molar-refractivity contribution in [1.82, 2.24) is 15.1 Å². The summed E-state index contributed by atoms with van der Waals surface area (Å²) in [5.74, 6) is 1.19. The Balaban J connectivity index is 2.02. The molecule has 0 aliphatic rings. The number of hydrogen-bond acceptors (Lipinski definition) is 5. The Labute approximate surface area is 93.7 Å². The van der Waals surface area contributed by atoms with Gasteiger partial charge in [0.25, 0.3) is 0 Å². The summed E-state index contributed by atoms with van der Waals surface area (Å²) in [5, 5.41) is 3.89. The fourth-order valence-corrected chi connectivity index (χ4v) is 1.38. The Morgan fingerprint density at radius 1 is 1.25 bits per heavy atom. The van der Waals surface area contributed by atoms with Crippen molar-refractivity contribution in [1.29, 1.82) is 0 Å². The van der Waals surface area contributed by atoms with Gasteiger partial charge in [0, 0.05) is 12.6 Å². The third-order valence-corrected chi connectivity index (χ3v) is 2.21. The van der Waals surface area contributed by atoms with Crippen LogP contribution in [0.15, 0.2) is 28.9 Å². The highest BCUT2D eigenvalue weighted by molar-refractivity contribution is 5.46.